The molecule has 1 aliphatic heterocycles. The molecule has 0 N–H and O–H groups in total. The Balaban J connectivity index is 0.000000659. The van der Waals surface area contributed by atoms with Gasteiger partial charge >= 0.3 is 0 Å². The second-order valence-electron chi connectivity index (χ2n) is 3.20. The van der Waals surface area contributed by atoms with Gasteiger partial charge in [-0.05, 0) is 25.1 Å². The second kappa shape index (κ2) is 9.72. The molecule has 0 fully saturated rings. The quantitative estimate of drug-likeness (QED) is 0.673. The average molecular weight is 268 g/mol. The fourth-order valence-electron chi connectivity index (χ4n) is 1.35. The highest BCUT2D eigenvalue weighted by Crippen LogP contribution is 2.21. The van der Waals surface area contributed by atoms with Crippen molar-refractivity contribution in [1.82, 2.24) is 0 Å². The molecule has 0 bridgehead atoms. The van der Waals surface area contributed by atoms with Crippen molar-refractivity contribution in [2.75, 3.05) is 0 Å². The van der Waals surface area contributed by atoms with Crippen molar-refractivity contribution >= 4 is 17.3 Å². The van der Waals surface area contributed by atoms with E-state index in [0.29, 0.717) is 5.02 Å². The monoisotopic (exact) mass is 267 g/mol. The zero-order valence-corrected chi connectivity index (χ0v) is 12.6. The molecule has 0 aliphatic carbocycles. The van der Waals surface area contributed by atoms with Crippen LogP contribution in [0.25, 0.3) is 0 Å². The van der Waals surface area contributed by atoms with E-state index in [0.717, 1.165) is 17.7 Å². The lowest BCUT2D eigenvalue weighted by Gasteiger charge is -2.09. The number of benzene rings is 1. The number of aryl methyl sites for hydroxylation is 1. The van der Waals surface area contributed by atoms with Crippen molar-refractivity contribution in [1.29, 1.82) is 0 Å². The van der Waals surface area contributed by atoms with E-state index >= 15 is 0 Å². The lowest BCUT2D eigenvalue weighted by molar-refractivity contribution is 0.262. The maximum atomic E-state index is 6.07. The molecule has 0 atom stereocenters. The summed E-state index contributed by atoms with van der Waals surface area (Å²) in [6.45, 7) is 10.0. The van der Waals surface area contributed by atoms with E-state index in [2.05, 4.69) is 5.16 Å². The molecule has 0 saturated carbocycles. The minimum Gasteiger partial charge on any atom is -0.365 e. The summed E-state index contributed by atoms with van der Waals surface area (Å²) in [5, 5.41) is 4.66. The van der Waals surface area contributed by atoms with Crippen LogP contribution in [0.15, 0.2) is 35.7 Å². The first kappa shape index (κ1) is 16.7. The molecule has 1 aromatic rings. The number of halogens is 1. The number of oxime groups is 1. The summed E-state index contributed by atoms with van der Waals surface area (Å²) in [5.41, 5.74) is 3.00. The lowest BCUT2D eigenvalue weighted by Crippen LogP contribution is -2.04. The Hall–Kier alpha value is -1.28. The first-order chi connectivity index (χ1) is 8.77. The van der Waals surface area contributed by atoms with Crippen LogP contribution in [-0.2, 0) is 4.84 Å². The Bertz CT molecular complexity index is 411. The van der Waals surface area contributed by atoms with E-state index in [1.54, 1.807) is 6.26 Å². The van der Waals surface area contributed by atoms with Gasteiger partial charge in [0.05, 0.1) is 5.71 Å². The van der Waals surface area contributed by atoms with E-state index in [1.807, 2.05) is 58.9 Å². The van der Waals surface area contributed by atoms with Crippen LogP contribution in [0.3, 0.4) is 0 Å². The molecule has 0 aromatic heterocycles. The highest BCUT2D eigenvalue weighted by molar-refractivity contribution is 6.34. The fourth-order valence-corrected chi connectivity index (χ4v) is 1.58. The summed E-state index contributed by atoms with van der Waals surface area (Å²) in [7, 11) is 0. The minimum absolute atomic E-state index is 0.716. The van der Waals surface area contributed by atoms with E-state index in [4.69, 9.17) is 16.4 Å². The van der Waals surface area contributed by atoms with Gasteiger partial charge in [0.2, 0.25) is 0 Å². The summed E-state index contributed by atoms with van der Waals surface area (Å²) >= 11 is 6.07. The van der Waals surface area contributed by atoms with E-state index < -0.39 is 0 Å². The molecule has 3 heteroatoms. The molecule has 0 radical (unpaired) electrons. The number of allylic oxidation sites excluding steroid dienone is 1. The molecule has 0 spiro atoms. The standard InChI is InChI=1S/C11H10ClNO.2C2H6/c1-8-4-5-10(12)9(7-8)11-3-2-6-14-13-11;2*1-2/h2,4-7H,3H2,1H3;2*1-2H3. The Labute approximate surface area is 115 Å². The van der Waals surface area contributed by atoms with Crippen LogP contribution >= 0.6 is 11.6 Å². The normalized spacial score (nSPS) is 12.2. The molecule has 1 aliphatic rings. The zero-order chi connectivity index (χ0) is 14.0. The van der Waals surface area contributed by atoms with Gasteiger partial charge in [-0.15, -0.1) is 0 Å². The van der Waals surface area contributed by atoms with Crippen molar-refractivity contribution in [2.45, 2.75) is 41.0 Å². The maximum Gasteiger partial charge on any atom is 0.118 e. The Morgan fingerprint density at radius 1 is 1.17 bits per heavy atom. The van der Waals surface area contributed by atoms with E-state index in [1.165, 1.54) is 5.56 Å². The van der Waals surface area contributed by atoms with Gasteiger partial charge in [0, 0.05) is 17.0 Å². The van der Waals surface area contributed by atoms with Gasteiger partial charge in [-0.2, -0.15) is 0 Å². The lowest BCUT2D eigenvalue weighted by atomic mass is 10.0. The van der Waals surface area contributed by atoms with Crippen LogP contribution < -0.4 is 0 Å². The van der Waals surface area contributed by atoms with Crippen LogP contribution in [0.1, 0.15) is 45.2 Å². The number of rotatable bonds is 1. The molecule has 1 aromatic carbocycles. The van der Waals surface area contributed by atoms with Crippen molar-refractivity contribution in [3.63, 3.8) is 0 Å². The Morgan fingerprint density at radius 3 is 2.39 bits per heavy atom. The van der Waals surface area contributed by atoms with Gasteiger partial charge in [-0.1, -0.05) is 56.1 Å². The summed E-state index contributed by atoms with van der Waals surface area (Å²) < 4.78 is 0. The van der Waals surface area contributed by atoms with Crippen molar-refractivity contribution in [3.05, 3.63) is 46.7 Å². The molecule has 2 rings (SSSR count). The van der Waals surface area contributed by atoms with Gasteiger partial charge in [0.15, 0.2) is 0 Å². The number of hydrogen-bond acceptors (Lipinski definition) is 2. The highest BCUT2D eigenvalue weighted by atomic mass is 35.5. The molecule has 2 nitrogen and oxygen atoms in total. The van der Waals surface area contributed by atoms with Crippen molar-refractivity contribution in [3.8, 4) is 0 Å². The van der Waals surface area contributed by atoms with Crippen LogP contribution in [-0.4, -0.2) is 5.71 Å². The Morgan fingerprint density at radius 2 is 1.83 bits per heavy atom. The third-order valence-corrected chi connectivity index (χ3v) is 2.39. The van der Waals surface area contributed by atoms with Gasteiger partial charge in [0.25, 0.3) is 0 Å². The largest absolute Gasteiger partial charge is 0.365 e. The van der Waals surface area contributed by atoms with Crippen molar-refractivity contribution < 1.29 is 4.84 Å². The number of hydrogen-bond donors (Lipinski definition) is 0. The molecule has 0 saturated heterocycles. The predicted octanol–water partition coefficient (Wildman–Crippen LogP) is 5.34. The summed E-state index contributed by atoms with van der Waals surface area (Å²) in [6.07, 6.45) is 4.26. The SMILES string of the molecule is CC.CC.Cc1ccc(Cl)c(C2=NOC=CC2)c1. The van der Waals surface area contributed by atoms with Crippen LogP contribution in [0.4, 0.5) is 0 Å². The van der Waals surface area contributed by atoms with Crippen LogP contribution in [0.2, 0.25) is 5.02 Å². The maximum absolute atomic E-state index is 6.07. The Kier molecular flexibility index (Phi) is 9.03. The fraction of sp³-hybridized carbons (Fsp3) is 0.400. The zero-order valence-electron chi connectivity index (χ0n) is 11.8. The van der Waals surface area contributed by atoms with E-state index in [-0.39, 0.29) is 0 Å². The van der Waals surface area contributed by atoms with Gasteiger partial charge in [0.1, 0.15) is 6.26 Å². The van der Waals surface area contributed by atoms with Crippen LogP contribution in [0, 0.1) is 6.92 Å². The van der Waals surface area contributed by atoms with Crippen LogP contribution in [0.5, 0.6) is 0 Å². The minimum atomic E-state index is 0.716. The average Bonchev–Trinajstić information content (AvgIpc) is 2.47. The molecular weight excluding hydrogens is 246 g/mol. The van der Waals surface area contributed by atoms with Gasteiger partial charge < -0.3 is 4.84 Å². The summed E-state index contributed by atoms with van der Waals surface area (Å²) in [6, 6.07) is 5.88. The van der Waals surface area contributed by atoms with Gasteiger partial charge in [-0.25, -0.2) is 0 Å². The molecule has 100 valence electrons. The second-order valence-corrected chi connectivity index (χ2v) is 3.61. The first-order valence-corrected chi connectivity index (χ1v) is 6.79. The molecule has 0 amide bonds. The van der Waals surface area contributed by atoms with E-state index in [9.17, 15) is 0 Å². The molecule has 0 unspecified atom stereocenters. The molecular formula is C15H22ClNO. The van der Waals surface area contributed by atoms with Crippen molar-refractivity contribution in [2.24, 2.45) is 5.16 Å². The summed E-state index contributed by atoms with van der Waals surface area (Å²) in [4.78, 5) is 4.88. The first-order valence-electron chi connectivity index (χ1n) is 6.41. The summed E-state index contributed by atoms with van der Waals surface area (Å²) in [5.74, 6) is 0. The smallest absolute Gasteiger partial charge is 0.118 e. The predicted molar refractivity (Wildman–Crippen MR) is 80.3 cm³/mol. The third-order valence-electron chi connectivity index (χ3n) is 2.06. The topological polar surface area (TPSA) is 21.6 Å². The highest BCUT2D eigenvalue weighted by Gasteiger charge is 2.09. The molecule has 1 heterocycles. The third kappa shape index (κ3) is 4.92. The number of nitrogens with zero attached hydrogens (tertiary/aromatic N) is 1. The van der Waals surface area contributed by atoms with Gasteiger partial charge in [-0.3, -0.25) is 0 Å². The molecule has 18 heavy (non-hydrogen) atoms.